The lowest BCUT2D eigenvalue weighted by Crippen LogP contribution is -2.59. The third-order valence-electron chi connectivity index (χ3n) is 3.67. The standard InChI is InChI=1S/C11H18N2O6S/c14-9(15)11(3-4-19-7-11)13-10(16)12-8-1-5-20(17,18)6-2-8/h8H,1-7H2,(H,14,15)(H2,12,13,16). The molecule has 2 saturated heterocycles. The molecule has 8 nitrogen and oxygen atoms in total. The Morgan fingerprint density at radius 3 is 2.40 bits per heavy atom. The first-order chi connectivity index (χ1) is 9.33. The Labute approximate surface area is 116 Å². The Hall–Kier alpha value is -1.35. The summed E-state index contributed by atoms with van der Waals surface area (Å²) in [7, 11) is -2.99. The topological polar surface area (TPSA) is 122 Å². The van der Waals surface area contributed by atoms with Gasteiger partial charge in [-0.15, -0.1) is 0 Å². The summed E-state index contributed by atoms with van der Waals surface area (Å²) in [5.74, 6) is -1.03. The minimum absolute atomic E-state index is 0.0468. The molecule has 9 heteroatoms. The van der Waals surface area contributed by atoms with Crippen LogP contribution in [0.3, 0.4) is 0 Å². The molecule has 2 rings (SSSR count). The van der Waals surface area contributed by atoms with Gasteiger partial charge >= 0.3 is 12.0 Å². The van der Waals surface area contributed by atoms with Crippen molar-refractivity contribution in [2.24, 2.45) is 0 Å². The van der Waals surface area contributed by atoms with Gasteiger partial charge in [0, 0.05) is 19.1 Å². The van der Waals surface area contributed by atoms with Gasteiger partial charge in [-0.05, 0) is 12.8 Å². The van der Waals surface area contributed by atoms with E-state index in [-0.39, 0.29) is 37.2 Å². The second-order valence-electron chi connectivity index (χ2n) is 5.21. The number of urea groups is 1. The Morgan fingerprint density at radius 1 is 1.25 bits per heavy atom. The Balaban J connectivity index is 1.88. The normalized spacial score (nSPS) is 29.8. The van der Waals surface area contributed by atoms with Gasteiger partial charge in [0.2, 0.25) is 0 Å². The van der Waals surface area contributed by atoms with Crippen molar-refractivity contribution >= 4 is 21.8 Å². The van der Waals surface area contributed by atoms with Crippen molar-refractivity contribution in [3.63, 3.8) is 0 Å². The van der Waals surface area contributed by atoms with Crippen LogP contribution in [0.2, 0.25) is 0 Å². The molecule has 20 heavy (non-hydrogen) atoms. The van der Waals surface area contributed by atoms with Gasteiger partial charge in [0.15, 0.2) is 5.54 Å². The van der Waals surface area contributed by atoms with Crippen molar-refractivity contribution in [1.82, 2.24) is 10.6 Å². The number of carbonyl (C=O) groups is 2. The monoisotopic (exact) mass is 306 g/mol. The van der Waals surface area contributed by atoms with Gasteiger partial charge in [0.25, 0.3) is 0 Å². The van der Waals surface area contributed by atoms with Crippen LogP contribution in [-0.2, 0) is 19.4 Å². The van der Waals surface area contributed by atoms with E-state index in [4.69, 9.17) is 4.74 Å². The maximum atomic E-state index is 11.8. The van der Waals surface area contributed by atoms with Crippen LogP contribution in [0.4, 0.5) is 4.79 Å². The molecule has 0 bridgehead atoms. The zero-order valence-corrected chi connectivity index (χ0v) is 11.7. The van der Waals surface area contributed by atoms with Crippen molar-refractivity contribution in [2.75, 3.05) is 24.7 Å². The van der Waals surface area contributed by atoms with Crippen LogP contribution >= 0.6 is 0 Å². The van der Waals surface area contributed by atoms with E-state index in [1.807, 2.05) is 0 Å². The summed E-state index contributed by atoms with van der Waals surface area (Å²) in [6, 6.07) is -0.839. The minimum Gasteiger partial charge on any atom is -0.479 e. The van der Waals surface area contributed by atoms with Gasteiger partial charge in [0.05, 0.1) is 18.1 Å². The molecule has 1 unspecified atom stereocenters. The molecule has 1 atom stereocenters. The minimum atomic E-state index is -2.99. The van der Waals surface area contributed by atoms with E-state index in [9.17, 15) is 23.1 Å². The summed E-state index contributed by atoms with van der Waals surface area (Å²) >= 11 is 0. The molecule has 0 aromatic heterocycles. The highest BCUT2D eigenvalue weighted by molar-refractivity contribution is 7.91. The second kappa shape index (κ2) is 5.57. The van der Waals surface area contributed by atoms with Crippen LogP contribution in [0.25, 0.3) is 0 Å². The predicted octanol–water partition coefficient (Wildman–Crippen LogP) is -0.893. The molecule has 0 saturated carbocycles. The van der Waals surface area contributed by atoms with Crippen molar-refractivity contribution < 1.29 is 27.9 Å². The number of carboxylic acids is 1. The highest BCUT2D eigenvalue weighted by Gasteiger charge is 2.44. The number of sulfone groups is 1. The molecule has 3 N–H and O–H groups in total. The van der Waals surface area contributed by atoms with E-state index < -0.39 is 27.4 Å². The number of carbonyl (C=O) groups excluding carboxylic acids is 1. The quantitative estimate of drug-likeness (QED) is 0.621. The second-order valence-corrected chi connectivity index (χ2v) is 7.52. The zero-order chi connectivity index (χ0) is 14.8. The number of amides is 2. The Kier molecular flexibility index (Phi) is 4.19. The first-order valence-electron chi connectivity index (χ1n) is 6.43. The van der Waals surface area contributed by atoms with Crippen LogP contribution in [0.15, 0.2) is 0 Å². The summed E-state index contributed by atoms with van der Waals surface area (Å²) in [6.07, 6.45) is 0.924. The Morgan fingerprint density at radius 2 is 1.90 bits per heavy atom. The summed E-state index contributed by atoms with van der Waals surface area (Å²) in [5.41, 5.74) is -1.38. The number of ether oxygens (including phenoxy) is 1. The summed E-state index contributed by atoms with van der Waals surface area (Å²) in [6.45, 7) is 0.225. The molecule has 0 spiro atoms. The lowest BCUT2D eigenvalue weighted by Gasteiger charge is -2.27. The van der Waals surface area contributed by atoms with Crippen LogP contribution in [0.1, 0.15) is 19.3 Å². The summed E-state index contributed by atoms with van der Waals surface area (Å²) < 4.78 is 27.6. The number of hydrogen-bond acceptors (Lipinski definition) is 5. The molecule has 0 radical (unpaired) electrons. The fourth-order valence-electron chi connectivity index (χ4n) is 2.36. The van der Waals surface area contributed by atoms with Gasteiger partial charge in [-0.25, -0.2) is 18.0 Å². The van der Waals surface area contributed by atoms with Crippen LogP contribution < -0.4 is 10.6 Å². The SMILES string of the molecule is O=C(NC1CCS(=O)(=O)CC1)NC1(C(=O)O)CCOC1. The lowest BCUT2D eigenvalue weighted by molar-refractivity contribution is -0.144. The zero-order valence-electron chi connectivity index (χ0n) is 10.9. The highest BCUT2D eigenvalue weighted by atomic mass is 32.2. The first-order valence-corrected chi connectivity index (χ1v) is 8.25. The summed E-state index contributed by atoms with van der Waals surface area (Å²) in [4.78, 5) is 23.1. The molecular weight excluding hydrogens is 288 g/mol. The maximum Gasteiger partial charge on any atom is 0.332 e. The highest BCUT2D eigenvalue weighted by Crippen LogP contribution is 2.19. The van der Waals surface area contributed by atoms with E-state index in [0.717, 1.165) is 0 Å². The van der Waals surface area contributed by atoms with E-state index >= 15 is 0 Å². The molecule has 0 aromatic carbocycles. The third-order valence-corrected chi connectivity index (χ3v) is 5.39. The van der Waals surface area contributed by atoms with Gasteiger partial charge in [0.1, 0.15) is 9.84 Å². The summed E-state index contributed by atoms with van der Waals surface area (Å²) in [5, 5.41) is 14.3. The lowest BCUT2D eigenvalue weighted by atomic mass is 9.99. The van der Waals surface area contributed by atoms with Crippen molar-refractivity contribution in [1.29, 1.82) is 0 Å². The molecule has 0 aromatic rings. The number of nitrogens with one attached hydrogen (secondary N) is 2. The molecular formula is C11H18N2O6S. The van der Waals surface area contributed by atoms with Gasteiger partial charge in [-0.1, -0.05) is 0 Å². The number of rotatable bonds is 3. The van der Waals surface area contributed by atoms with Gasteiger partial charge in [-0.3, -0.25) is 0 Å². The average molecular weight is 306 g/mol. The smallest absolute Gasteiger partial charge is 0.332 e. The fourth-order valence-corrected chi connectivity index (χ4v) is 3.85. The number of carboxylic acid groups (broad SMARTS) is 1. The van der Waals surface area contributed by atoms with Crippen LogP contribution in [-0.4, -0.2) is 61.8 Å². The molecule has 2 fully saturated rings. The third kappa shape index (κ3) is 3.40. The predicted molar refractivity (Wildman–Crippen MR) is 69.1 cm³/mol. The molecule has 2 aliphatic heterocycles. The van der Waals surface area contributed by atoms with Crippen LogP contribution in [0.5, 0.6) is 0 Å². The number of hydrogen-bond donors (Lipinski definition) is 3. The van der Waals surface area contributed by atoms with E-state index in [1.165, 1.54) is 0 Å². The van der Waals surface area contributed by atoms with E-state index in [0.29, 0.717) is 12.8 Å². The molecule has 114 valence electrons. The maximum absolute atomic E-state index is 11.8. The van der Waals surface area contributed by atoms with Crippen molar-refractivity contribution in [3.8, 4) is 0 Å². The van der Waals surface area contributed by atoms with Crippen LogP contribution in [0, 0.1) is 0 Å². The Bertz CT molecular complexity index is 483. The molecule has 0 aliphatic carbocycles. The largest absolute Gasteiger partial charge is 0.479 e. The van der Waals surface area contributed by atoms with Crippen molar-refractivity contribution in [3.05, 3.63) is 0 Å². The van der Waals surface area contributed by atoms with Gasteiger partial charge < -0.3 is 20.5 Å². The fraction of sp³-hybridized carbons (Fsp3) is 0.818. The van der Waals surface area contributed by atoms with E-state index in [2.05, 4.69) is 10.6 Å². The molecule has 2 amide bonds. The molecule has 2 aliphatic rings. The van der Waals surface area contributed by atoms with Crippen molar-refractivity contribution in [2.45, 2.75) is 30.8 Å². The number of aliphatic carboxylic acids is 1. The molecule has 2 heterocycles. The first kappa shape index (κ1) is 15.0. The average Bonchev–Trinajstić information content (AvgIpc) is 2.82. The van der Waals surface area contributed by atoms with Gasteiger partial charge in [-0.2, -0.15) is 0 Å². The van der Waals surface area contributed by atoms with E-state index in [1.54, 1.807) is 0 Å².